The smallest absolute Gasteiger partial charge is 0.251 e. The first-order valence-electron chi connectivity index (χ1n) is 11.0. The van der Waals surface area contributed by atoms with Gasteiger partial charge in [-0.15, -0.1) is 0 Å². The van der Waals surface area contributed by atoms with E-state index in [0.29, 0.717) is 49.9 Å². The number of aromatic nitrogens is 4. The Morgan fingerprint density at radius 3 is 2.67 bits per heavy atom. The SMILES string of the molecule is Cc1c(Oc2ccnc3[nH]c(-c4cnn(C)c4)c(Cl)c23)cccc1C(=O)NCc1cc(F)cc(F)c1. The summed E-state index contributed by atoms with van der Waals surface area (Å²) >= 11 is 6.71. The summed E-state index contributed by atoms with van der Waals surface area (Å²) in [5.74, 6) is -0.894. The zero-order valence-electron chi connectivity index (χ0n) is 19.3. The number of benzene rings is 2. The van der Waals surface area contributed by atoms with Crippen molar-refractivity contribution in [1.29, 1.82) is 0 Å². The molecule has 0 atom stereocenters. The summed E-state index contributed by atoms with van der Waals surface area (Å²) in [7, 11) is 1.81. The van der Waals surface area contributed by atoms with Gasteiger partial charge in [0.25, 0.3) is 5.91 Å². The number of nitrogens with one attached hydrogen (secondary N) is 2. The topological polar surface area (TPSA) is 84.8 Å². The number of fused-ring (bicyclic) bond motifs is 1. The van der Waals surface area contributed by atoms with Crippen LogP contribution in [0.5, 0.6) is 11.5 Å². The Kier molecular flexibility index (Phi) is 6.15. The van der Waals surface area contributed by atoms with Crippen LogP contribution in [0.15, 0.2) is 61.1 Å². The van der Waals surface area contributed by atoms with E-state index < -0.39 is 17.5 Å². The number of hydrogen-bond donors (Lipinski definition) is 2. The number of pyridine rings is 1. The maximum atomic E-state index is 13.4. The van der Waals surface area contributed by atoms with E-state index in [9.17, 15) is 13.6 Å². The number of halogens is 3. The lowest BCUT2D eigenvalue weighted by molar-refractivity contribution is 0.0950. The first-order chi connectivity index (χ1) is 17.3. The van der Waals surface area contributed by atoms with Crippen LogP contribution >= 0.6 is 11.6 Å². The number of aromatic amines is 1. The fraction of sp³-hybridized carbons (Fsp3) is 0.115. The molecule has 0 spiro atoms. The van der Waals surface area contributed by atoms with Gasteiger partial charge in [0.15, 0.2) is 0 Å². The monoisotopic (exact) mass is 507 g/mol. The van der Waals surface area contributed by atoms with Crippen molar-refractivity contribution >= 4 is 28.5 Å². The van der Waals surface area contributed by atoms with Gasteiger partial charge in [-0.3, -0.25) is 9.48 Å². The van der Waals surface area contributed by atoms with E-state index in [1.165, 1.54) is 12.1 Å². The summed E-state index contributed by atoms with van der Waals surface area (Å²) in [6.45, 7) is 1.73. The Bertz CT molecular complexity index is 1590. The van der Waals surface area contributed by atoms with Crippen molar-refractivity contribution < 1.29 is 18.3 Å². The molecule has 0 saturated carbocycles. The molecular formula is C26H20ClF2N5O2. The lowest BCUT2D eigenvalue weighted by Gasteiger charge is -2.13. The molecule has 0 bridgehead atoms. The van der Waals surface area contributed by atoms with Crippen molar-refractivity contribution in [3.8, 4) is 22.8 Å². The standard InChI is InChI=1S/C26H20ClF2N5O2/c1-14-19(26(35)31-11-15-8-17(28)10-18(29)9-15)4-3-5-20(14)36-21-6-7-30-25-22(21)23(27)24(33-25)16-12-32-34(2)13-16/h3-10,12-13H,11H2,1-2H3,(H,30,33)(H,31,35). The zero-order valence-corrected chi connectivity index (χ0v) is 20.0. The number of aryl methyl sites for hydroxylation is 1. The van der Waals surface area contributed by atoms with Crippen LogP contribution in [-0.2, 0) is 13.6 Å². The molecular weight excluding hydrogens is 488 g/mol. The molecule has 1 amide bonds. The molecule has 2 N–H and O–H groups in total. The molecule has 2 aromatic carbocycles. The second kappa shape index (κ2) is 9.43. The van der Waals surface area contributed by atoms with Crippen LogP contribution in [0.2, 0.25) is 5.02 Å². The highest BCUT2D eigenvalue weighted by molar-refractivity contribution is 6.38. The van der Waals surface area contributed by atoms with E-state index in [-0.39, 0.29) is 6.54 Å². The normalized spacial score (nSPS) is 11.1. The van der Waals surface area contributed by atoms with Gasteiger partial charge < -0.3 is 15.0 Å². The third-order valence-electron chi connectivity index (χ3n) is 5.71. The second-order valence-corrected chi connectivity index (χ2v) is 8.62. The Balaban J connectivity index is 1.42. The average Bonchev–Trinajstić information content (AvgIpc) is 3.41. The highest BCUT2D eigenvalue weighted by Crippen LogP contribution is 2.40. The van der Waals surface area contributed by atoms with E-state index in [1.54, 1.807) is 48.3 Å². The van der Waals surface area contributed by atoms with Crippen LogP contribution in [-0.4, -0.2) is 25.7 Å². The highest BCUT2D eigenvalue weighted by atomic mass is 35.5. The van der Waals surface area contributed by atoms with Gasteiger partial charge in [0.1, 0.15) is 28.8 Å². The minimum absolute atomic E-state index is 0.0287. The molecule has 5 rings (SSSR count). The summed E-state index contributed by atoms with van der Waals surface area (Å²) < 4.78 is 34.8. The van der Waals surface area contributed by atoms with Gasteiger partial charge in [0.05, 0.1) is 22.3 Å². The van der Waals surface area contributed by atoms with E-state index in [0.717, 1.165) is 11.6 Å². The van der Waals surface area contributed by atoms with E-state index in [1.807, 2.05) is 13.2 Å². The van der Waals surface area contributed by atoms with E-state index in [2.05, 4.69) is 20.4 Å². The van der Waals surface area contributed by atoms with Crippen molar-refractivity contribution in [1.82, 2.24) is 25.1 Å². The van der Waals surface area contributed by atoms with Crippen molar-refractivity contribution in [2.75, 3.05) is 0 Å². The molecule has 0 radical (unpaired) electrons. The number of ether oxygens (including phenoxy) is 1. The first-order valence-corrected chi connectivity index (χ1v) is 11.3. The van der Waals surface area contributed by atoms with Crippen molar-refractivity contribution in [3.05, 3.63) is 94.4 Å². The maximum Gasteiger partial charge on any atom is 0.251 e. The molecule has 10 heteroatoms. The van der Waals surface area contributed by atoms with Crippen molar-refractivity contribution in [2.24, 2.45) is 7.05 Å². The van der Waals surface area contributed by atoms with Gasteiger partial charge in [-0.1, -0.05) is 17.7 Å². The average molecular weight is 508 g/mol. The third kappa shape index (κ3) is 4.52. The van der Waals surface area contributed by atoms with Crippen LogP contribution in [0, 0.1) is 18.6 Å². The Hall–Kier alpha value is -4.24. The van der Waals surface area contributed by atoms with Gasteiger partial charge in [0, 0.05) is 48.7 Å². The highest BCUT2D eigenvalue weighted by Gasteiger charge is 2.19. The number of amides is 1. The van der Waals surface area contributed by atoms with Gasteiger partial charge in [-0.05, 0) is 42.8 Å². The number of carbonyl (C=O) groups excluding carboxylic acids is 1. The van der Waals surface area contributed by atoms with E-state index >= 15 is 0 Å². The van der Waals surface area contributed by atoms with Gasteiger partial charge in [-0.2, -0.15) is 5.10 Å². The minimum Gasteiger partial charge on any atom is -0.456 e. The lowest BCUT2D eigenvalue weighted by atomic mass is 10.1. The number of rotatable bonds is 6. The van der Waals surface area contributed by atoms with E-state index in [4.69, 9.17) is 16.3 Å². The fourth-order valence-corrected chi connectivity index (χ4v) is 4.30. The van der Waals surface area contributed by atoms with Crippen LogP contribution in [0.25, 0.3) is 22.3 Å². The summed E-state index contributed by atoms with van der Waals surface area (Å²) in [6, 6.07) is 9.90. The van der Waals surface area contributed by atoms with Gasteiger partial charge in [-0.25, -0.2) is 13.8 Å². The molecule has 7 nitrogen and oxygen atoms in total. The Morgan fingerprint density at radius 1 is 1.17 bits per heavy atom. The second-order valence-electron chi connectivity index (χ2n) is 8.24. The largest absolute Gasteiger partial charge is 0.456 e. The summed E-state index contributed by atoms with van der Waals surface area (Å²) in [5.41, 5.74) is 3.29. The van der Waals surface area contributed by atoms with Crippen LogP contribution < -0.4 is 10.1 Å². The summed E-state index contributed by atoms with van der Waals surface area (Å²) in [6.07, 6.45) is 5.13. The van der Waals surface area contributed by atoms with Gasteiger partial charge in [0.2, 0.25) is 0 Å². The molecule has 36 heavy (non-hydrogen) atoms. The molecule has 182 valence electrons. The van der Waals surface area contributed by atoms with Crippen molar-refractivity contribution in [2.45, 2.75) is 13.5 Å². The molecule has 0 fully saturated rings. The summed E-state index contributed by atoms with van der Waals surface area (Å²) in [4.78, 5) is 20.4. The quantitative estimate of drug-likeness (QED) is 0.298. The van der Waals surface area contributed by atoms with Gasteiger partial charge >= 0.3 is 0 Å². The summed E-state index contributed by atoms with van der Waals surface area (Å²) in [5, 5.41) is 7.92. The van der Waals surface area contributed by atoms with Crippen molar-refractivity contribution in [3.63, 3.8) is 0 Å². The predicted molar refractivity (Wildman–Crippen MR) is 132 cm³/mol. The molecule has 3 aromatic heterocycles. The predicted octanol–water partition coefficient (Wildman–Crippen LogP) is 5.93. The molecule has 0 unspecified atom stereocenters. The maximum absolute atomic E-state index is 13.4. The van der Waals surface area contributed by atoms with Crippen LogP contribution in [0.1, 0.15) is 21.5 Å². The number of H-pyrrole nitrogens is 1. The Labute approximate surface area is 209 Å². The van der Waals surface area contributed by atoms with Crippen LogP contribution in [0.3, 0.4) is 0 Å². The molecule has 3 heterocycles. The zero-order chi connectivity index (χ0) is 25.4. The molecule has 0 saturated heterocycles. The minimum atomic E-state index is -0.704. The fourth-order valence-electron chi connectivity index (χ4n) is 3.96. The molecule has 0 aliphatic carbocycles. The number of hydrogen-bond acceptors (Lipinski definition) is 4. The van der Waals surface area contributed by atoms with Crippen LogP contribution in [0.4, 0.5) is 8.78 Å². The first kappa shape index (κ1) is 23.5. The Morgan fingerprint density at radius 2 is 1.94 bits per heavy atom. The molecule has 0 aliphatic rings. The molecule has 0 aliphatic heterocycles. The molecule has 5 aromatic rings. The third-order valence-corrected chi connectivity index (χ3v) is 6.09. The number of nitrogens with zero attached hydrogens (tertiary/aromatic N) is 3. The lowest BCUT2D eigenvalue weighted by Crippen LogP contribution is -2.23. The number of carbonyl (C=O) groups is 1.